The Kier molecular flexibility index (Phi) is 5.81. The summed E-state index contributed by atoms with van der Waals surface area (Å²) in [5.74, 6) is -0.0132. The lowest BCUT2D eigenvalue weighted by Crippen LogP contribution is -2.32. The van der Waals surface area contributed by atoms with Gasteiger partial charge in [-0.2, -0.15) is 0 Å². The van der Waals surface area contributed by atoms with Gasteiger partial charge in [-0.05, 0) is 19.8 Å². The fraction of sp³-hybridized carbons (Fsp3) is 0.667. The predicted molar refractivity (Wildman–Crippen MR) is 52.4 cm³/mol. The van der Waals surface area contributed by atoms with Gasteiger partial charge in [0.2, 0.25) is 5.91 Å². The topological polar surface area (TPSA) is 20.3 Å². The first kappa shape index (κ1) is 11.5. The molecule has 0 aromatic heterocycles. The van der Waals surface area contributed by atoms with Crippen LogP contribution in [-0.4, -0.2) is 29.8 Å². The molecular weight excluding hydrogens is 174 g/mol. The Bertz CT molecular complexity index is 157. The Morgan fingerprint density at radius 1 is 1.75 bits per heavy atom. The number of carbonyl (C=O) groups is 1. The molecule has 12 heavy (non-hydrogen) atoms. The SMILES string of the molecule is C=CCCCN(C)C(=O)[C@H](C)Cl. The van der Waals surface area contributed by atoms with Gasteiger partial charge in [0.05, 0.1) is 0 Å². The highest BCUT2D eigenvalue weighted by Gasteiger charge is 2.13. The van der Waals surface area contributed by atoms with Crippen LogP contribution in [0.25, 0.3) is 0 Å². The van der Waals surface area contributed by atoms with E-state index in [1.54, 1.807) is 18.9 Å². The number of halogens is 1. The lowest BCUT2D eigenvalue weighted by molar-refractivity contribution is -0.129. The number of nitrogens with zero attached hydrogens (tertiary/aromatic N) is 1. The average molecular weight is 190 g/mol. The van der Waals surface area contributed by atoms with Gasteiger partial charge < -0.3 is 4.90 Å². The highest BCUT2D eigenvalue weighted by molar-refractivity contribution is 6.30. The first-order chi connectivity index (χ1) is 5.59. The lowest BCUT2D eigenvalue weighted by atomic mass is 10.3. The summed E-state index contributed by atoms with van der Waals surface area (Å²) in [4.78, 5) is 12.9. The van der Waals surface area contributed by atoms with Crippen molar-refractivity contribution in [3.63, 3.8) is 0 Å². The summed E-state index contributed by atoms with van der Waals surface area (Å²) in [5, 5.41) is -0.418. The van der Waals surface area contributed by atoms with Crippen molar-refractivity contribution in [3.8, 4) is 0 Å². The number of alkyl halides is 1. The van der Waals surface area contributed by atoms with Gasteiger partial charge >= 0.3 is 0 Å². The van der Waals surface area contributed by atoms with Crippen LogP contribution in [-0.2, 0) is 4.79 Å². The monoisotopic (exact) mass is 189 g/mol. The van der Waals surface area contributed by atoms with Crippen LogP contribution >= 0.6 is 11.6 Å². The highest BCUT2D eigenvalue weighted by Crippen LogP contribution is 2.01. The summed E-state index contributed by atoms with van der Waals surface area (Å²) in [7, 11) is 1.77. The Balaban J connectivity index is 3.64. The number of hydrogen-bond acceptors (Lipinski definition) is 1. The molecule has 0 saturated carbocycles. The van der Waals surface area contributed by atoms with Crippen molar-refractivity contribution >= 4 is 17.5 Å². The van der Waals surface area contributed by atoms with Crippen LogP contribution in [0.2, 0.25) is 0 Å². The molecule has 3 heteroatoms. The normalized spacial score (nSPS) is 12.2. The molecule has 2 nitrogen and oxygen atoms in total. The molecule has 0 aliphatic rings. The first-order valence-electron chi connectivity index (χ1n) is 4.09. The van der Waals surface area contributed by atoms with Gasteiger partial charge in [-0.15, -0.1) is 18.2 Å². The Labute approximate surface area is 79.2 Å². The molecule has 0 saturated heterocycles. The summed E-state index contributed by atoms with van der Waals surface area (Å²) in [6, 6.07) is 0. The zero-order chi connectivity index (χ0) is 9.56. The molecule has 0 heterocycles. The Morgan fingerprint density at radius 2 is 2.33 bits per heavy atom. The standard InChI is InChI=1S/C9H16ClNO/c1-4-5-6-7-11(3)9(12)8(2)10/h4,8H,1,5-7H2,2-3H3/t8-/m0/s1. The van der Waals surface area contributed by atoms with Crippen LogP contribution in [0.5, 0.6) is 0 Å². The van der Waals surface area contributed by atoms with Crippen molar-refractivity contribution < 1.29 is 4.79 Å². The largest absolute Gasteiger partial charge is 0.344 e. The van der Waals surface area contributed by atoms with Crippen molar-refractivity contribution in [2.75, 3.05) is 13.6 Å². The summed E-state index contributed by atoms with van der Waals surface area (Å²) in [5.41, 5.74) is 0. The van der Waals surface area contributed by atoms with E-state index in [9.17, 15) is 4.79 Å². The van der Waals surface area contributed by atoms with Gasteiger partial charge in [0.1, 0.15) is 5.38 Å². The summed E-state index contributed by atoms with van der Waals surface area (Å²) < 4.78 is 0. The minimum absolute atomic E-state index is 0.0132. The molecular formula is C9H16ClNO. The van der Waals surface area contributed by atoms with E-state index in [4.69, 9.17) is 11.6 Å². The van der Waals surface area contributed by atoms with Crippen LogP contribution in [0.3, 0.4) is 0 Å². The van der Waals surface area contributed by atoms with Crippen molar-refractivity contribution in [1.82, 2.24) is 4.90 Å². The smallest absolute Gasteiger partial charge is 0.240 e. The van der Waals surface area contributed by atoms with E-state index in [-0.39, 0.29) is 5.91 Å². The maximum atomic E-state index is 11.2. The third-order valence-corrected chi connectivity index (χ3v) is 1.80. The maximum absolute atomic E-state index is 11.2. The van der Waals surface area contributed by atoms with Gasteiger partial charge in [-0.25, -0.2) is 0 Å². The van der Waals surface area contributed by atoms with E-state index < -0.39 is 5.38 Å². The van der Waals surface area contributed by atoms with E-state index in [1.165, 1.54) is 0 Å². The van der Waals surface area contributed by atoms with Crippen molar-refractivity contribution in [2.45, 2.75) is 25.1 Å². The molecule has 0 aliphatic carbocycles. The van der Waals surface area contributed by atoms with Crippen LogP contribution in [0.15, 0.2) is 12.7 Å². The molecule has 0 fully saturated rings. The summed E-state index contributed by atoms with van der Waals surface area (Å²) in [6.07, 6.45) is 3.74. The zero-order valence-corrected chi connectivity index (χ0v) is 8.47. The van der Waals surface area contributed by atoms with Gasteiger partial charge in [-0.3, -0.25) is 4.79 Å². The Morgan fingerprint density at radius 3 is 2.75 bits per heavy atom. The highest BCUT2D eigenvalue weighted by atomic mass is 35.5. The van der Waals surface area contributed by atoms with E-state index in [0.717, 1.165) is 19.4 Å². The molecule has 0 rings (SSSR count). The number of carbonyl (C=O) groups excluding carboxylic acids is 1. The van der Waals surface area contributed by atoms with Gasteiger partial charge in [0.15, 0.2) is 0 Å². The molecule has 0 aliphatic heterocycles. The maximum Gasteiger partial charge on any atom is 0.240 e. The number of rotatable bonds is 5. The van der Waals surface area contributed by atoms with E-state index in [0.29, 0.717) is 0 Å². The average Bonchev–Trinajstić information content (AvgIpc) is 2.03. The molecule has 70 valence electrons. The number of hydrogen-bond donors (Lipinski definition) is 0. The molecule has 0 unspecified atom stereocenters. The van der Waals surface area contributed by atoms with Crippen LogP contribution in [0.4, 0.5) is 0 Å². The molecule has 1 atom stereocenters. The fourth-order valence-corrected chi connectivity index (χ4v) is 1.05. The van der Waals surface area contributed by atoms with Crippen molar-refractivity contribution in [3.05, 3.63) is 12.7 Å². The minimum Gasteiger partial charge on any atom is -0.344 e. The molecule has 0 spiro atoms. The zero-order valence-electron chi connectivity index (χ0n) is 7.72. The van der Waals surface area contributed by atoms with Crippen LogP contribution in [0, 0.1) is 0 Å². The van der Waals surface area contributed by atoms with Crippen LogP contribution < -0.4 is 0 Å². The number of amides is 1. The molecule has 0 N–H and O–H groups in total. The molecule has 1 amide bonds. The van der Waals surface area contributed by atoms with Crippen molar-refractivity contribution in [1.29, 1.82) is 0 Å². The number of unbranched alkanes of at least 4 members (excludes halogenated alkanes) is 1. The predicted octanol–water partition coefficient (Wildman–Crippen LogP) is 2.04. The van der Waals surface area contributed by atoms with E-state index in [2.05, 4.69) is 6.58 Å². The fourth-order valence-electron chi connectivity index (χ4n) is 0.887. The second-order valence-electron chi connectivity index (χ2n) is 2.81. The minimum atomic E-state index is -0.418. The Hall–Kier alpha value is -0.500. The second kappa shape index (κ2) is 6.06. The third kappa shape index (κ3) is 4.39. The lowest BCUT2D eigenvalue weighted by Gasteiger charge is -2.17. The summed E-state index contributed by atoms with van der Waals surface area (Å²) in [6.45, 7) is 6.05. The second-order valence-corrected chi connectivity index (χ2v) is 3.46. The van der Waals surface area contributed by atoms with Gasteiger partial charge in [0, 0.05) is 13.6 Å². The first-order valence-corrected chi connectivity index (χ1v) is 4.53. The molecule has 0 aromatic rings. The van der Waals surface area contributed by atoms with E-state index in [1.807, 2.05) is 6.08 Å². The van der Waals surface area contributed by atoms with Crippen LogP contribution in [0.1, 0.15) is 19.8 Å². The molecule has 0 aromatic carbocycles. The van der Waals surface area contributed by atoms with Gasteiger partial charge in [0.25, 0.3) is 0 Å². The van der Waals surface area contributed by atoms with E-state index >= 15 is 0 Å². The summed E-state index contributed by atoms with van der Waals surface area (Å²) >= 11 is 5.62. The third-order valence-electron chi connectivity index (χ3n) is 1.62. The number of allylic oxidation sites excluding steroid dienone is 1. The van der Waals surface area contributed by atoms with Crippen molar-refractivity contribution in [2.24, 2.45) is 0 Å². The molecule has 0 bridgehead atoms. The van der Waals surface area contributed by atoms with Gasteiger partial charge in [-0.1, -0.05) is 6.08 Å². The molecule has 0 radical (unpaired) electrons. The quantitative estimate of drug-likeness (QED) is 0.368.